The first-order valence-electron chi connectivity index (χ1n) is 8.16. The number of rotatable bonds is 0. The Morgan fingerprint density at radius 2 is 1.82 bits per heavy atom. The minimum atomic E-state index is -0.0997. The van der Waals surface area contributed by atoms with Crippen molar-refractivity contribution in [1.82, 2.24) is 0 Å². The second kappa shape index (κ2) is 4.12. The lowest BCUT2D eigenvalue weighted by atomic mass is 9.96. The van der Waals surface area contributed by atoms with Crippen LogP contribution < -0.4 is 4.90 Å². The third kappa shape index (κ3) is 1.53. The molecule has 1 fully saturated rings. The monoisotopic (exact) mass is 292 g/mol. The van der Waals surface area contributed by atoms with Crippen molar-refractivity contribution < 1.29 is 4.65 Å². The van der Waals surface area contributed by atoms with Crippen molar-refractivity contribution in [2.45, 2.75) is 24.9 Å². The Morgan fingerprint density at radius 3 is 2.73 bits per heavy atom. The smallest absolute Gasteiger partial charge is 0.118 e. The molecule has 3 atom stereocenters. The molecule has 0 saturated carbocycles. The summed E-state index contributed by atoms with van der Waals surface area (Å²) < 4.78 is -0.0997. The lowest BCUT2D eigenvalue weighted by molar-refractivity contribution is -0.890. The Bertz CT molecular complexity index is 768. The molecule has 0 amide bonds. The summed E-state index contributed by atoms with van der Waals surface area (Å²) in [5.41, 5.74) is 6.99. The number of anilines is 1. The van der Waals surface area contributed by atoms with E-state index in [1.807, 2.05) is 7.05 Å². The number of piperazine rings is 1. The van der Waals surface area contributed by atoms with Gasteiger partial charge in [0.05, 0.1) is 20.1 Å². The first-order chi connectivity index (χ1) is 10.6. The molecular formula is C19H20N2O. The highest BCUT2D eigenvalue weighted by atomic mass is 16.5. The molecule has 1 aliphatic carbocycles. The highest BCUT2D eigenvalue weighted by Crippen LogP contribution is 2.49. The number of likely N-dealkylation sites (N-methyl/N-ethyl adjacent to an activating group) is 1. The van der Waals surface area contributed by atoms with Gasteiger partial charge < -0.3 is 14.8 Å². The highest BCUT2D eigenvalue weighted by Gasteiger charge is 2.49. The van der Waals surface area contributed by atoms with Crippen molar-refractivity contribution in [3.63, 3.8) is 0 Å². The van der Waals surface area contributed by atoms with E-state index in [-0.39, 0.29) is 16.7 Å². The zero-order valence-corrected chi connectivity index (χ0v) is 12.8. The quantitative estimate of drug-likeness (QED) is 0.551. The van der Waals surface area contributed by atoms with Gasteiger partial charge in [0.1, 0.15) is 12.1 Å². The van der Waals surface area contributed by atoms with Crippen LogP contribution >= 0.6 is 0 Å². The van der Waals surface area contributed by atoms with Crippen molar-refractivity contribution in [3.8, 4) is 0 Å². The van der Waals surface area contributed by atoms with E-state index in [2.05, 4.69) is 47.4 Å². The number of benzene rings is 2. The summed E-state index contributed by atoms with van der Waals surface area (Å²) >= 11 is 0. The second-order valence-electron chi connectivity index (χ2n) is 7.10. The standard InChI is InChI=1S/C19H20N2O/c1-21(22)10-9-20-16-8-3-2-5-13(16)11-14-6-4-7-15-12-17(21)19(20)18(14)15/h2-8,17,19H,9-12H2,1H3. The molecule has 2 aliphatic heterocycles. The third-order valence-electron chi connectivity index (χ3n) is 5.88. The third-order valence-corrected chi connectivity index (χ3v) is 5.88. The van der Waals surface area contributed by atoms with E-state index >= 15 is 0 Å². The molecule has 0 bridgehead atoms. The maximum atomic E-state index is 13.0. The van der Waals surface area contributed by atoms with E-state index in [1.54, 1.807) is 0 Å². The van der Waals surface area contributed by atoms with Gasteiger partial charge in [-0.2, -0.15) is 0 Å². The van der Waals surface area contributed by atoms with Crippen molar-refractivity contribution in [1.29, 1.82) is 0 Å². The molecular weight excluding hydrogens is 272 g/mol. The van der Waals surface area contributed by atoms with Crippen LogP contribution in [0.15, 0.2) is 42.5 Å². The number of hydrogen-bond acceptors (Lipinski definition) is 2. The number of para-hydroxylation sites is 1. The Morgan fingerprint density at radius 1 is 1.05 bits per heavy atom. The summed E-state index contributed by atoms with van der Waals surface area (Å²) in [6.07, 6.45) is 1.91. The van der Waals surface area contributed by atoms with Crippen LogP contribution in [0.4, 0.5) is 5.69 Å². The summed E-state index contributed by atoms with van der Waals surface area (Å²) in [6.45, 7) is 1.53. The molecule has 0 aromatic heterocycles. The molecule has 112 valence electrons. The van der Waals surface area contributed by atoms with Gasteiger partial charge in [0.15, 0.2) is 0 Å². The first kappa shape index (κ1) is 12.7. The molecule has 0 N–H and O–H groups in total. The van der Waals surface area contributed by atoms with Crippen LogP contribution in [0.5, 0.6) is 0 Å². The fraction of sp³-hybridized carbons (Fsp3) is 0.368. The fourth-order valence-electron chi connectivity index (χ4n) is 4.79. The molecule has 0 spiro atoms. The van der Waals surface area contributed by atoms with Crippen LogP contribution in [-0.2, 0) is 12.8 Å². The molecule has 2 aromatic carbocycles. The molecule has 1 saturated heterocycles. The largest absolute Gasteiger partial charge is 0.633 e. The summed E-state index contributed by atoms with van der Waals surface area (Å²) in [4.78, 5) is 2.51. The zero-order valence-electron chi connectivity index (χ0n) is 12.8. The molecule has 0 radical (unpaired) electrons. The minimum Gasteiger partial charge on any atom is -0.633 e. The van der Waals surface area contributed by atoms with Crippen molar-refractivity contribution in [2.24, 2.45) is 0 Å². The van der Waals surface area contributed by atoms with Crippen molar-refractivity contribution in [3.05, 3.63) is 69.9 Å². The summed E-state index contributed by atoms with van der Waals surface area (Å²) in [6, 6.07) is 15.8. The lowest BCUT2D eigenvalue weighted by Crippen LogP contribution is -2.60. The van der Waals surface area contributed by atoms with Gasteiger partial charge in [-0.25, -0.2) is 0 Å². The van der Waals surface area contributed by atoms with Crippen LogP contribution in [0.25, 0.3) is 0 Å². The lowest BCUT2D eigenvalue weighted by Gasteiger charge is -2.54. The molecule has 2 aromatic rings. The van der Waals surface area contributed by atoms with Crippen LogP contribution in [0, 0.1) is 5.21 Å². The van der Waals surface area contributed by atoms with Crippen molar-refractivity contribution in [2.75, 3.05) is 25.0 Å². The molecule has 3 aliphatic rings. The van der Waals surface area contributed by atoms with Gasteiger partial charge in [-0.15, -0.1) is 0 Å². The second-order valence-corrected chi connectivity index (χ2v) is 7.10. The number of nitrogens with zero attached hydrogens (tertiary/aromatic N) is 2. The fourth-order valence-corrected chi connectivity index (χ4v) is 4.79. The van der Waals surface area contributed by atoms with E-state index in [4.69, 9.17) is 0 Å². The number of quaternary nitrogens is 1. The van der Waals surface area contributed by atoms with Crippen LogP contribution in [-0.4, -0.2) is 30.8 Å². The molecule has 22 heavy (non-hydrogen) atoms. The van der Waals surface area contributed by atoms with Crippen LogP contribution in [0.3, 0.4) is 0 Å². The number of fused-ring (bicyclic) bond motifs is 2. The van der Waals surface area contributed by atoms with Gasteiger partial charge in [0.25, 0.3) is 0 Å². The predicted octanol–water partition coefficient (Wildman–Crippen LogP) is 3.02. The van der Waals surface area contributed by atoms with Gasteiger partial charge in [-0.05, 0) is 34.7 Å². The van der Waals surface area contributed by atoms with Crippen molar-refractivity contribution >= 4 is 5.69 Å². The molecule has 5 rings (SSSR count). The molecule has 3 nitrogen and oxygen atoms in total. The topological polar surface area (TPSA) is 26.3 Å². The average molecular weight is 292 g/mol. The van der Waals surface area contributed by atoms with E-state index in [0.29, 0.717) is 6.54 Å². The Kier molecular flexibility index (Phi) is 2.37. The normalized spacial score (nSPS) is 31.5. The SMILES string of the molecule is C[N+]1([O-])CCN2c3ccccc3Cc3cccc4c3C2C1C4. The Labute approximate surface area is 131 Å². The predicted molar refractivity (Wildman–Crippen MR) is 87.7 cm³/mol. The van der Waals surface area contributed by atoms with E-state index in [9.17, 15) is 5.21 Å². The molecule has 3 heteroatoms. The van der Waals surface area contributed by atoms with Gasteiger partial charge in [-0.3, -0.25) is 0 Å². The van der Waals surface area contributed by atoms with Gasteiger partial charge in [0, 0.05) is 12.1 Å². The summed E-state index contributed by atoms with van der Waals surface area (Å²) in [7, 11) is 1.87. The number of hydroxylamine groups is 3. The van der Waals surface area contributed by atoms with Gasteiger partial charge in [-0.1, -0.05) is 36.4 Å². The van der Waals surface area contributed by atoms with Crippen LogP contribution in [0.2, 0.25) is 0 Å². The summed E-state index contributed by atoms with van der Waals surface area (Å²) in [5, 5.41) is 13.0. The number of hydrogen-bond donors (Lipinski definition) is 0. The van der Waals surface area contributed by atoms with E-state index in [1.165, 1.54) is 27.9 Å². The summed E-state index contributed by atoms with van der Waals surface area (Å²) in [5.74, 6) is 0. The van der Waals surface area contributed by atoms with Gasteiger partial charge >= 0.3 is 0 Å². The highest BCUT2D eigenvalue weighted by molar-refractivity contribution is 5.63. The first-order valence-corrected chi connectivity index (χ1v) is 8.16. The molecule has 3 unspecified atom stereocenters. The minimum absolute atomic E-state index is 0.0997. The van der Waals surface area contributed by atoms with E-state index < -0.39 is 0 Å². The average Bonchev–Trinajstić information content (AvgIpc) is 2.84. The molecule has 2 heterocycles. The maximum Gasteiger partial charge on any atom is 0.118 e. The van der Waals surface area contributed by atoms with Crippen LogP contribution in [0.1, 0.15) is 28.3 Å². The van der Waals surface area contributed by atoms with E-state index in [0.717, 1.165) is 19.4 Å². The Balaban J connectivity index is 1.79. The van der Waals surface area contributed by atoms with Gasteiger partial charge in [0.2, 0.25) is 0 Å². The zero-order chi connectivity index (χ0) is 14.9. The maximum absolute atomic E-state index is 13.0. The Hall–Kier alpha value is -1.84.